The minimum absolute atomic E-state index is 0.185. The Morgan fingerprint density at radius 3 is 1.89 bits per heavy atom. The molecule has 0 aromatic heterocycles. The molecule has 146 valence electrons. The molecule has 0 atom stereocenters. The summed E-state index contributed by atoms with van der Waals surface area (Å²) in [7, 11) is 0. The third-order valence-electron chi connectivity index (χ3n) is 6.45. The normalized spacial score (nSPS) is 30.0. The Balaban J connectivity index is 1.49. The first-order chi connectivity index (χ1) is 12.9. The minimum atomic E-state index is -4.28. The van der Waals surface area contributed by atoms with Crippen molar-refractivity contribution < 1.29 is 17.6 Å². The molecule has 27 heavy (non-hydrogen) atoms. The molecule has 0 radical (unpaired) electrons. The fourth-order valence-corrected chi connectivity index (χ4v) is 4.90. The summed E-state index contributed by atoms with van der Waals surface area (Å²) in [6, 6.07) is 7.20. The average molecular weight is 379 g/mol. The second-order valence-corrected chi connectivity index (χ2v) is 8.03. The van der Waals surface area contributed by atoms with Gasteiger partial charge >= 0.3 is 6.18 Å². The van der Waals surface area contributed by atoms with Crippen molar-refractivity contribution in [1.29, 1.82) is 5.26 Å². The Morgan fingerprint density at radius 1 is 0.889 bits per heavy atom. The van der Waals surface area contributed by atoms with Crippen molar-refractivity contribution in [3.8, 4) is 6.07 Å². The van der Waals surface area contributed by atoms with Crippen molar-refractivity contribution in [2.24, 2.45) is 17.8 Å². The summed E-state index contributed by atoms with van der Waals surface area (Å²) in [4.78, 5) is 0. The standard InChI is InChI=1S/C22H25F4N/c23-21(14-27)13-15-1-3-16(4-2-15)17-5-7-18(8-6-17)19-9-11-20(12-10-19)22(24,25)26/h9-13,15-18H,1-8H2/b21-13-/t15?,16?,17-,18-. The zero-order chi connectivity index (χ0) is 19.4. The van der Waals surface area contributed by atoms with Crippen molar-refractivity contribution in [2.75, 3.05) is 0 Å². The molecule has 0 aliphatic heterocycles. The lowest BCUT2D eigenvalue weighted by atomic mass is 9.68. The second kappa shape index (κ2) is 8.46. The zero-order valence-corrected chi connectivity index (χ0v) is 15.3. The first kappa shape index (κ1) is 19.9. The first-order valence-corrected chi connectivity index (χ1v) is 9.81. The van der Waals surface area contributed by atoms with Gasteiger partial charge in [0.15, 0.2) is 5.83 Å². The summed E-state index contributed by atoms with van der Waals surface area (Å²) in [5.41, 5.74) is 0.431. The van der Waals surface area contributed by atoms with Gasteiger partial charge in [-0.15, -0.1) is 0 Å². The monoisotopic (exact) mass is 379 g/mol. The Kier molecular flexibility index (Phi) is 6.24. The molecule has 2 aliphatic rings. The van der Waals surface area contributed by atoms with E-state index in [4.69, 9.17) is 5.26 Å². The van der Waals surface area contributed by atoms with Gasteiger partial charge in [-0.3, -0.25) is 0 Å². The predicted molar refractivity (Wildman–Crippen MR) is 96.4 cm³/mol. The molecule has 2 aliphatic carbocycles. The number of allylic oxidation sites excluding steroid dienone is 2. The van der Waals surface area contributed by atoms with Crippen LogP contribution < -0.4 is 0 Å². The zero-order valence-electron chi connectivity index (χ0n) is 15.3. The Bertz CT molecular complexity index is 683. The SMILES string of the molecule is N#C/C(F)=C/C1CCC([C@H]2CC[C@H](c3ccc(C(F)(F)F)cc3)CC2)CC1. The van der Waals surface area contributed by atoms with Crippen LogP contribution in [0.2, 0.25) is 0 Å². The third-order valence-corrected chi connectivity index (χ3v) is 6.45. The molecule has 0 bridgehead atoms. The molecule has 0 amide bonds. The fraction of sp³-hybridized carbons (Fsp3) is 0.591. The number of alkyl halides is 3. The molecule has 0 spiro atoms. The van der Waals surface area contributed by atoms with E-state index in [-0.39, 0.29) is 5.92 Å². The van der Waals surface area contributed by atoms with Gasteiger partial charge in [0, 0.05) is 0 Å². The number of nitrogens with zero attached hydrogens (tertiary/aromatic N) is 1. The quantitative estimate of drug-likeness (QED) is 0.404. The fourth-order valence-electron chi connectivity index (χ4n) is 4.90. The van der Waals surface area contributed by atoms with Gasteiger partial charge in [0.05, 0.1) is 5.56 Å². The topological polar surface area (TPSA) is 23.8 Å². The molecule has 0 heterocycles. The van der Waals surface area contributed by atoms with Crippen molar-refractivity contribution in [3.63, 3.8) is 0 Å². The summed E-state index contributed by atoms with van der Waals surface area (Å²) >= 11 is 0. The molecule has 5 heteroatoms. The number of halogens is 4. The van der Waals surface area contributed by atoms with E-state index in [1.807, 2.05) is 0 Å². The van der Waals surface area contributed by atoms with Crippen LogP contribution in [0, 0.1) is 29.1 Å². The van der Waals surface area contributed by atoms with E-state index in [0.717, 1.165) is 56.9 Å². The average Bonchev–Trinajstić information content (AvgIpc) is 2.68. The van der Waals surface area contributed by atoms with Crippen LogP contribution in [0.1, 0.15) is 68.4 Å². The molecule has 2 fully saturated rings. The van der Waals surface area contributed by atoms with E-state index >= 15 is 0 Å². The van der Waals surface area contributed by atoms with Crippen molar-refractivity contribution in [2.45, 2.75) is 63.5 Å². The summed E-state index contributed by atoms with van der Waals surface area (Å²) in [6.07, 6.45) is 5.52. The third kappa shape index (κ3) is 5.12. The van der Waals surface area contributed by atoms with E-state index in [9.17, 15) is 17.6 Å². The van der Waals surface area contributed by atoms with Gasteiger partial charge in [-0.2, -0.15) is 22.8 Å². The maximum absolute atomic E-state index is 13.1. The van der Waals surface area contributed by atoms with Crippen LogP contribution in [-0.4, -0.2) is 0 Å². The summed E-state index contributed by atoms with van der Waals surface area (Å²) in [5.74, 6) is 1.20. The van der Waals surface area contributed by atoms with Crippen LogP contribution in [0.4, 0.5) is 17.6 Å². The lowest BCUT2D eigenvalue weighted by molar-refractivity contribution is -0.137. The molecular formula is C22H25F4N. The number of hydrogen-bond acceptors (Lipinski definition) is 1. The Morgan fingerprint density at radius 2 is 1.41 bits per heavy atom. The first-order valence-electron chi connectivity index (χ1n) is 9.81. The highest BCUT2D eigenvalue weighted by Gasteiger charge is 2.32. The predicted octanol–water partition coefficient (Wildman–Crippen LogP) is 7.16. The largest absolute Gasteiger partial charge is 0.416 e. The van der Waals surface area contributed by atoms with Gasteiger partial charge in [0.2, 0.25) is 0 Å². The van der Waals surface area contributed by atoms with Gasteiger partial charge in [0.25, 0.3) is 0 Å². The molecule has 0 N–H and O–H groups in total. The van der Waals surface area contributed by atoms with Crippen LogP contribution in [0.3, 0.4) is 0 Å². The van der Waals surface area contributed by atoms with E-state index in [1.54, 1.807) is 18.2 Å². The van der Waals surface area contributed by atoms with Gasteiger partial charge in [0.1, 0.15) is 6.07 Å². The van der Waals surface area contributed by atoms with Crippen LogP contribution in [0.15, 0.2) is 36.2 Å². The number of hydrogen-bond donors (Lipinski definition) is 0. The lowest BCUT2D eigenvalue weighted by Gasteiger charge is -2.37. The van der Waals surface area contributed by atoms with E-state index in [2.05, 4.69) is 0 Å². The van der Waals surface area contributed by atoms with Crippen LogP contribution in [0.25, 0.3) is 0 Å². The Labute approximate surface area is 158 Å². The van der Waals surface area contributed by atoms with Gasteiger partial charge in [-0.05, 0) is 98.8 Å². The molecule has 0 saturated heterocycles. The highest BCUT2D eigenvalue weighted by molar-refractivity contribution is 5.27. The second-order valence-electron chi connectivity index (χ2n) is 8.03. The van der Waals surface area contributed by atoms with Crippen molar-refractivity contribution >= 4 is 0 Å². The highest BCUT2D eigenvalue weighted by Crippen LogP contribution is 2.44. The summed E-state index contributed by atoms with van der Waals surface area (Å²) in [5, 5.41) is 8.55. The molecule has 1 aromatic carbocycles. The maximum atomic E-state index is 13.1. The number of rotatable bonds is 3. The van der Waals surface area contributed by atoms with Gasteiger partial charge in [-0.25, -0.2) is 0 Å². The van der Waals surface area contributed by atoms with E-state index in [0.29, 0.717) is 17.8 Å². The van der Waals surface area contributed by atoms with Crippen molar-refractivity contribution in [3.05, 3.63) is 47.3 Å². The Hall–Kier alpha value is -1.83. The van der Waals surface area contributed by atoms with Crippen LogP contribution in [-0.2, 0) is 6.18 Å². The van der Waals surface area contributed by atoms with Crippen LogP contribution >= 0.6 is 0 Å². The van der Waals surface area contributed by atoms with E-state index in [1.165, 1.54) is 18.2 Å². The smallest absolute Gasteiger partial charge is 0.195 e. The summed E-state index contributed by atoms with van der Waals surface area (Å²) < 4.78 is 51.2. The summed E-state index contributed by atoms with van der Waals surface area (Å²) in [6.45, 7) is 0. The number of nitriles is 1. The molecular weight excluding hydrogens is 354 g/mol. The van der Waals surface area contributed by atoms with Gasteiger partial charge < -0.3 is 0 Å². The lowest BCUT2D eigenvalue weighted by Crippen LogP contribution is -2.25. The van der Waals surface area contributed by atoms with Crippen molar-refractivity contribution in [1.82, 2.24) is 0 Å². The number of benzene rings is 1. The van der Waals surface area contributed by atoms with Gasteiger partial charge in [-0.1, -0.05) is 12.1 Å². The van der Waals surface area contributed by atoms with E-state index < -0.39 is 17.6 Å². The molecule has 0 unspecified atom stereocenters. The molecule has 1 nitrogen and oxygen atoms in total. The molecule has 1 aromatic rings. The highest BCUT2D eigenvalue weighted by atomic mass is 19.4. The maximum Gasteiger partial charge on any atom is 0.416 e. The molecule has 2 saturated carbocycles. The minimum Gasteiger partial charge on any atom is -0.195 e. The molecule has 3 rings (SSSR count). The van der Waals surface area contributed by atoms with Crippen LogP contribution in [0.5, 0.6) is 0 Å².